The van der Waals surface area contributed by atoms with Gasteiger partial charge in [-0.1, -0.05) is 20.8 Å². The molecular weight excluding hydrogens is 270 g/mol. The highest BCUT2D eigenvalue weighted by atomic mass is 32.1. The third-order valence-electron chi connectivity index (χ3n) is 4.00. The molecule has 2 fully saturated rings. The average Bonchev–Trinajstić information content (AvgIpc) is 2.84. The number of nitrogens with zero attached hydrogens (tertiary/aromatic N) is 1. The summed E-state index contributed by atoms with van der Waals surface area (Å²) in [5.41, 5.74) is 4.57. The number of hydrogen-bond acceptors (Lipinski definition) is 3. The van der Waals surface area contributed by atoms with E-state index in [4.69, 9.17) is 17.0 Å². The first-order valence-electron chi connectivity index (χ1n) is 7.65. The maximum Gasteiger partial charge on any atom is 0.187 e. The molecule has 20 heavy (non-hydrogen) atoms. The van der Waals surface area contributed by atoms with Crippen LogP contribution in [0.1, 0.15) is 52.9 Å². The smallest absolute Gasteiger partial charge is 0.187 e. The molecule has 2 rings (SSSR count). The molecule has 0 bridgehead atoms. The van der Waals surface area contributed by atoms with Crippen LogP contribution in [0, 0.1) is 11.3 Å². The third-order valence-corrected chi connectivity index (χ3v) is 4.23. The highest BCUT2D eigenvalue weighted by Crippen LogP contribution is 2.36. The first-order valence-corrected chi connectivity index (χ1v) is 8.06. The quantitative estimate of drug-likeness (QED) is 0.621. The standard InChI is InChI=1S/C15H27N3OS/c1-11-7-12(9-15(2,3)8-11)17-18-14(20)16-10-13-5-4-6-19-13/h11,13H,4-10H2,1-3H3,(H2,16,18,20)/b17-12-/t11-,13-/m0/s1. The van der Waals surface area contributed by atoms with E-state index >= 15 is 0 Å². The Bertz CT molecular complexity index is 375. The third kappa shape index (κ3) is 5.02. The van der Waals surface area contributed by atoms with Crippen LogP contribution in [0.15, 0.2) is 5.10 Å². The lowest BCUT2D eigenvalue weighted by Gasteiger charge is -2.34. The minimum absolute atomic E-state index is 0.302. The summed E-state index contributed by atoms with van der Waals surface area (Å²) in [4.78, 5) is 0. The van der Waals surface area contributed by atoms with Crippen LogP contribution in [0.2, 0.25) is 0 Å². The van der Waals surface area contributed by atoms with Crippen molar-refractivity contribution < 1.29 is 4.74 Å². The summed E-state index contributed by atoms with van der Waals surface area (Å²) in [6.07, 6.45) is 5.98. The lowest BCUT2D eigenvalue weighted by Crippen LogP contribution is -2.38. The Hall–Kier alpha value is -0.680. The molecule has 0 radical (unpaired) electrons. The van der Waals surface area contributed by atoms with Gasteiger partial charge in [-0.15, -0.1) is 0 Å². The van der Waals surface area contributed by atoms with Crippen LogP contribution < -0.4 is 10.7 Å². The second-order valence-corrected chi connectivity index (χ2v) is 7.40. The van der Waals surface area contributed by atoms with E-state index in [1.54, 1.807) is 0 Å². The molecule has 0 aromatic heterocycles. The Labute approximate surface area is 127 Å². The number of nitrogens with one attached hydrogen (secondary N) is 2. The van der Waals surface area contributed by atoms with Gasteiger partial charge in [0, 0.05) is 18.9 Å². The monoisotopic (exact) mass is 297 g/mol. The number of hydrazone groups is 1. The number of thiocarbonyl (C=S) groups is 1. The second-order valence-electron chi connectivity index (χ2n) is 6.99. The van der Waals surface area contributed by atoms with E-state index in [9.17, 15) is 0 Å². The predicted octanol–water partition coefficient (Wildman–Crippen LogP) is 2.83. The Kier molecular flexibility index (Phi) is 5.38. The maximum absolute atomic E-state index is 5.55. The van der Waals surface area contributed by atoms with Gasteiger partial charge in [0.05, 0.1) is 6.10 Å². The van der Waals surface area contributed by atoms with E-state index in [1.165, 1.54) is 12.1 Å². The van der Waals surface area contributed by atoms with Gasteiger partial charge in [-0.25, -0.2) is 0 Å². The fourth-order valence-corrected chi connectivity index (χ4v) is 3.51. The molecule has 1 saturated carbocycles. The van der Waals surface area contributed by atoms with Crippen LogP contribution in [0.5, 0.6) is 0 Å². The summed E-state index contributed by atoms with van der Waals surface area (Å²) in [6.45, 7) is 8.57. The topological polar surface area (TPSA) is 45.7 Å². The fraction of sp³-hybridized carbons (Fsp3) is 0.867. The zero-order chi connectivity index (χ0) is 14.6. The normalized spacial score (nSPS) is 31.2. The van der Waals surface area contributed by atoms with Gasteiger partial charge in [0.2, 0.25) is 0 Å². The maximum atomic E-state index is 5.55. The Morgan fingerprint density at radius 1 is 1.50 bits per heavy atom. The lowest BCUT2D eigenvalue weighted by molar-refractivity contribution is 0.114. The van der Waals surface area contributed by atoms with E-state index < -0.39 is 0 Å². The Balaban J connectivity index is 1.74. The minimum atomic E-state index is 0.302. The minimum Gasteiger partial charge on any atom is -0.376 e. The Morgan fingerprint density at radius 2 is 2.30 bits per heavy atom. The summed E-state index contributed by atoms with van der Waals surface area (Å²) in [5.74, 6) is 0.702. The van der Waals surface area contributed by atoms with Gasteiger partial charge in [0.15, 0.2) is 5.11 Å². The lowest BCUT2D eigenvalue weighted by atomic mass is 9.72. The van der Waals surface area contributed by atoms with Gasteiger partial charge in [-0.2, -0.15) is 5.10 Å². The van der Waals surface area contributed by atoms with Crippen LogP contribution in [0.4, 0.5) is 0 Å². The van der Waals surface area contributed by atoms with Crippen LogP contribution in [0.25, 0.3) is 0 Å². The SMILES string of the molecule is C[C@H]1C/C(=N/NC(=S)NC[C@@H]2CCCO2)CC(C)(C)C1. The van der Waals surface area contributed by atoms with Gasteiger partial charge >= 0.3 is 0 Å². The molecule has 0 aromatic carbocycles. The molecule has 0 aromatic rings. The molecule has 0 unspecified atom stereocenters. The summed E-state index contributed by atoms with van der Waals surface area (Å²) < 4.78 is 5.55. The number of rotatable bonds is 3. The van der Waals surface area contributed by atoms with E-state index in [0.717, 1.165) is 38.8 Å². The molecule has 0 amide bonds. The molecule has 2 N–H and O–H groups in total. The summed E-state index contributed by atoms with van der Waals surface area (Å²) in [7, 11) is 0. The van der Waals surface area contributed by atoms with Crippen LogP contribution in [-0.2, 0) is 4.74 Å². The molecule has 2 aliphatic rings. The molecule has 5 heteroatoms. The molecule has 1 saturated heterocycles. The van der Waals surface area contributed by atoms with E-state index in [2.05, 4.69) is 36.6 Å². The molecule has 2 atom stereocenters. The van der Waals surface area contributed by atoms with Crippen molar-refractivity contribution in [3.63, 3.8) is 0 Å². The van der Waals surface area contributed by atoms with Crippen LogP contribution in [-0.4, -0.2) is 30.1 Å². The zero-order valence-corrected chi connectivity index (χ0v) is 13.7. The summed E-state index contributed by atoms with van der Waals surface area (Å²) in [5, 5.41) is 8.28. The van der Waals surface area contributed by atoms with Crippen molar-refractivity contribution in [3.8, 4) is 0 Å². The van der Waals surface area contributed by atoms with Gasteiger partial charge in [0.25, 0.3) is 0 Å². The largest absolute Gasteiger partial charge is 0.376 e. The van der Waals surface area contributed by atoms with E-state index in [-0.39, 0.29) is 0 Å². The molecule has 114 valence electrons. The molecular formula is C15H27N3OS. The molecule has 4 nitrogen and oxygen atoms in total. The first kappa shape index (κ1) is 15.7. The molecule has 1 aliphatic carbocycles. The van der Waals surface area contributed by atoms with Gasteiger partial charge < -0.3 is 10.1 Å². The highest BCUT2D eigenvalue weighted by Gasteiger charge is 2.29. The van der Waals surface area contributed by atoms with Crippen molar-refractivity contribution in [2.24, 2.45) is 16.4 Å². The summed E-state index contributed by atoms with van der Waals surface area (Å²) in [6, 6.07) is 0. The summed E-state index contributed by atoms with van der Waals surface area (Å²) >= 11 is 5.26. The van der Waals surface area contributed by atoms with Crippen molar-refractivity contribution in [1.29, 1.82) is 0 Å². The van der Waals surface area contributed by atoms with Crippen molar-refractivity contribution in [1.82, 2.24) is 10.7 Å². The van der Waals surface area contributed by atoms with Crippen molar-refractivity contribution in [2.45, 2.75) is 59.0 Å². The highest BCUT2D eigenvalue weighted by molar-refractivity contribution is 7.80. The number of hydrogen-bond donors (Lipinski definition) is 2. The van der Waals surface area contributed by atoms with Gasteiger partial charge in [-0.3, -0.25) is 5.43 Å². The van der Waals surface area contributed by atoms with Crippen molar-refractivity contribution in [3.05, 3.63) is 0 Å². The predicted molar refractivity (Wildman–Crippen MR) is 86.9 cm³/mol. The molecule has 1 aliphatic heterocycles. The van der Waals surface area contributed by atoms with Crippen LogP contribution in [0.3, 0.4) is 0 Å². The van der Waals surface area contributed by atoms with Gasteiger partial charge in [0.1, 0.15) is 0 Å². The van der Waals surface area contributed by atoms with Crippen molar-refractivity contribution >= 4 is 23.0 Å². The zero-order valence-electron chi connectivity index (χ0n) is 12.9. The number of ether oxygens (including phenoxy) is 1. The van der Waals surface area contributed by atoms with E-state index in [0.29, 0.717) is 22.5 Å². The molecule has 0 spiro atoms. The second kappa shape index (κ2) is 6.85. The van der Waals surface area contributed by atoms with E-state index in [1.807, 2.05) is 0 Å². The van der Waals surface area contributed by atoms with Crippen LogP contribution >= 0.6 is 12.2 Å². The average molecular weight is 297 g/mol. The first-order chi connectivity index (χ1) is 9.44. The Morgan fingerprint density at radius 3 is 2.95 bits per heavy atom. The van der Waals surface area contributed by atoms with Gasteiger partial charge in [-0.05, 0) is 55.7 Å². The molecule has 1 heterocycles. The van der Waals surface area contributed by atoms with Crippen molar-refractivity contribution in [2.75, 3.05) is 13.2 Å². The fourth-order valence-electron chi connectivity index (χ4n) is 3.38.